The summed E-state index contributed by atoms with van der Waals surface area (Å²) in [5.41, 5.74) is 3.53. The van der Waals surface area contributed by atoms with Crippen LogP contribution in [0.1, 0.15) is 25.8 Å². The average Bonchev–Trinajstić information content (AvgIpc) is 2.97. The molecule has 0 atom stereocenters. The highest BCUT2D eigenvalue weighted by Crippen LogP contribution is 2.32. The number of hydrogen-bond acceptors (Lipinski definition) is 5. The van der Waals surface area contributed by atoms with E-state index in [1.807, 2.05) is 6.07 Å². The zero-order valence-corrected chi connectivity index (χ0v) is 12.0. The van der Waals surface area contributed by atoms with Crippen LogP contribution in [0.3, 0.4) is 0 Å². The lowest BCUT2D eigenvalue weighted by Crippen LogP contribution is -2.22. The van der Waals surface area contributed by atoms with E-state index in [4.69, 9.17) is 4.52 Å². The van der Waals surface area contributed by atoms with Gasteiger partial charge >= 0.3 is 0 Å². The largest absolute Gasteiger partial charge is 0.385 e. The van der Waals surface area contributed by atoms with Gasteiger partial charge in [0.1, 0.15) is 0 Å². The quantitative estimate of drug-likeness (QED) is 0.927. The van der Waals surface area contributed by atoms with Gasteiger partial charge in [0.2, 0.25) is 0 Å². The Balaban J connectivity index is 1.97. The Hall–Kier alpha value is -2.04. The second kappa shape index (κ2) is 5.53. The minimum absolute atomic E-state index is 0.618. The second-order valence-electron chi connectivity index (χ2n) is 4.93. The number of nitrogens with one attached hydrogen (secondary N) is 1. The van der Waals surface area contributed by atoms with Gasteiger partial charge in [0.15, 0.2) is 0 Å². The molecule has 0 saturated heterocycles. The molecule has 2 aromatic rings. The van der Waals surface area contributed by atoms with E-state index in [-0.39, 0.29) is 0 Å². The summed E-state index contributed by atoms with van der Waals surface area (Å²) in [6.07, 6.45) is 2.20. The summed E-state index contributed by atoms with van der Waals surface area (Å²) in [5, 5.41) is 7.53. The topological polar surface area (TPSA) is 54.2 Å². The first-order valence-corrected chi connectivity index (χ1v) is 7.28. The summed E-state index contributed by atoms with van der Waals surface area (Å²) < 4.78 is 5.47. The van der Waals surface area contributed by atoms with Crippen molar-refractivity contribution in [3.8, 4) is 11.5 Å². The van der Waals surface area contributed by atoms with E-state index >= 15 is 0 Å². The van der Waals surface area contributed by atoms with Crippen molar-refractivity contribution in [3.63, 3.8) is 0 Å². The molecule has 0 unspecified atom stereocenters. The Morgan fingerprint density at radius 3 is 2.95 bits per heavy atom. The minimum Gasteiger partial charge on any atom is -0.385 e. The third-order valence-electron chi connectivity index (χ3n) is 3.79. The van der Waals surface area contributed by atoms with Gasteiger partial charge in [-0.2, -0.15) is 4.98 Å². The maximum absolute atomic E-state index is 5.47. The third kappa shape index (κ3) is 2.24. The molecule has 1 aliphatic rings. The van der Waals surface area contributed by atoms with E-state index in [0.29, 0.717) is 11.8 Å². The van der Waals surface area contributed by atoms with E-state index in [1.54, 1.807) is 0 Å². The molecule has 1 aromatic carbocycles. The smallest absolute Gasteiger partial charge is 0.266 e. The number of anilines is 2. The highest BCUT2D eigenvalue weighted by Gasteiger charge is 2.19. The third-order valence-corrected chi connectivity index (χ3v) is 3.79. The summed E-state index contributed by atoms with van der Waals surface area (Å²) in [5.74, 6) is 1.29. The SMILES string of the molecule is CCN(CC)c1noc(-c2cccc3c2CCCN3)n1. The van der Waals surface area contributed by atoms with Crippen LogP contribution in [-0.4, -0.2) is 29.8 Å². The van der Waals surface area contributed by atoms with Gasteiger partial charge in [-0.15, -0.1) is 0 Å². The number of fused-ring (bicyclic) bond motifs is 1. The van der Waals surface area contributed by atoms with E-state index in [0.717, 1.165) is 38.0 Å². The first-order chi connectivity index (χ1) is 9.83. The van der Waals surface area contributed by atoms with Crippen molar-refractivity contribution in [2.45, 2.75) is 26.7 Å². The van der Waals surface area contributed by atoms with Crippen molar-refractivity contribution in [2.75, 3.05) is 29.9 Å². The molecule has 0 aliphatic carbocycles. The van der Waals surface area contributed by atoms with E-state index < -0.39 is 0 Å². The Bertz CT molecular complexity index is 589. The average molecular weight is 272 g/mol. The van der Waals surface area contributed by atoms with Crippen molar-refractivity contribution in [1.82, 2.24) is 10.1 Å². The number of rotatable bonds is 4. The summed E-state index contributed by atoms with van der Waals surface area (Å²) in [6, 6.07) is 6.21. The molecule has 0 radical (unpaired) electrons. The van der Waals surface area contributed by atoms with Crippen molar-refractivity contribution in [3.05, 3.63) is 23.8 Å². The van der Waals surface area contributed by atoms with Crippen LogP contribution < -0.4 is 10.2 Å². The molecule has 2 heterocycles. The standard InChI is InChI=1S/C15H20N4O/c1-3-19(4-2)15-17-14(20-18-15)12-7-5-9-13-11(12)8-6-10-16-13/h5,7,9,16H,3-4,6,8,10H2,1-2H3. The van der Waals surface area contributed by atoms with Crippen LogP contribution in [0, 0.1) is 0 Å². The van der Waals surface area contributed by atoms with Gasteiger partial charge in [0, 0.05) is 30.9 Å². The summed E-state index contributed by atoms with van der Waals surface area (Å²) in [6.45, 7) is 6.97. The molecule has 1 aromatic heterocycles. The first-order valence-electron chi connectivity index (χ1n) is 7.28. The lowest BCUT2D eigenvalue weighted by atomic mass is 9.97. The van der Waals surface area contributed by atoms with Crippen molar-refractivity contribution in [1.29, 1.82) is 0 Å². The lowest BCUT2D eigenvalue weighted by Gasteiger charge is -2.19. The van der Waals surface area contributed by atoms with Gasteiger partial charge in [-0.1, -0.05) is 6.07 Å². The Morgan fingerprint density at radius 2 is 2.15 bits per heavy atom. The van der Waals surface area contributed by atoms with Gasteiger partial charge in [-0.3, -0.25) is 0 Å². The van der Waals surface area contributed by atoms with Gasteiger partial charge < -0.3 is 14.7 Å². The Kier molecular flexibility index (Phi) is 3.58. The molecule has 3 rings (SSSR count). The van der Waals surface area contributed by atoms with E-state index in [9.17, 15) is 0 Å². The van der Waals surface area contributed by atoms with Crippen LogP contribution in [0.2, 0.25) is 0 Å². The normalized spacial score (nSPS) is 13.7. The van der Waals surface area contributed by atoms with Gasteiger partial charge in [-0.05, 0) is 49.5 Å². The first kappa shape index (κ1) is 13.0. The fourth-order valence-electron chi connectivity index (χ4n) is 2.67. The molecule has 0 bridgehead atoms. The maximum atomic E-state index is 5.47. The summed E-state index contributed by atoms with van der Waals surface area (Å²) >= 11 is 0. The van der Waals surface area contributed by atoms with Crippen molar-refractivity contribution in [2.24, 2.45) is 0 Å². The fraction of sp³-hybridized carbons (Fsp3) is 0.467. The number of hydrogen-bond donors (Lipinski definition) is 1. The minimum atomic E-state index is 0.618. The molecule has 5 nitrogen and oxygen atoms in total. The highest BCUT2D eigenvalue weighted by atomic mass is 16.5. The molecule has 106 valence electrons. The molecule has 0 amide bonds. The highest BCUT2D eigenvalue weighted by molar-refractivity contribution is 5.70. The van der Waals surface area contributed by atoms with Gasteiger partial charge in [0.25, 0.3) is 11.8 Å². The van der Waals surface area contributed by atoms with Crippen LogP contribution in [0.4, 0.5) is 11.6 Å². The molecule has 1 aliphatic heterocycles. The van der Waals surface area contributed by atoms with E-state index in [1.165, 1.54) is 11.3 Å². The predicted octanol–water partition coefficient (Wildman–Crippen LogP) is 2.94. The molecule has 0 spiro atoms. The lowest BCUT2D eigenvalue weighted by molar-refractivity contribution is 0.429. The monoisotopic (exact) mass is 272 g/mol. The maximum Gasteiger partial charge on any atom is 0.266 e. The molecule has 0 fully saturated rings. The zero-order chi connectivity index (χ0) is 13.9. The molecule has 20 heavy (non-hydrogen) atoms. The van der Waals surface area contributed by atoms with Crippen molar-refractivity contribution >= 4 is 11.6 Å². The molecule has 1 N–H and O–H groups in total. The van der Waals surface area contributed by atoms with Crippen LogP contribution in [0.25, 0.3) is 11.5 Å². The number of nitrogens with zero attached hydrogens (tertiary/aromatic N) is 3. The molecular weight excluding hydrogens is 252 g/mol. The van der Waals surface area contributed by atoms with Gasteiger partial charge in [-0.25, -0.2) is 0 Å². The van der Waals surface area contributed by atoms with Crippen molar-refractivity contribution < 1.29 is 4.52 Å². The fourth-order valence-corrected chi connectivity index (χ4v) is 2.67. The summed E-state index contributed by atoms with van der Waals surface area (Å²) in [7, 11) is 0. The van der Waals surface area contributed by atoms with E-state index in [2.05, 4.69) is 46.3 Å². The van der Waals surface area contributed by atoms with Crippen LogP contribution in [0.15, 0.2) is 22.7 Å². The summed E-state index contributed by atoms with van der Waals surface area (Å²) in [4.78, 5) is 6.63. The molecule has 5 heteroatoms. The Morgan fingerprint density at radius 1 is 1.30 bits per heavy atom. The molecule has 0 saturated carbocycles. The second-order valence-corrected chi connectivity index (χ2v) is 4.93. The number of benzene rings is 1. The number of aromatic nitrogens is 2. The van der Waals surface area contributed by atoms with Crippen LogP contribution in [0.5, 0.6) is 0 Å². The van der Waals surface area contributed by atoms with Crippen LogP contribution in [-0.2, 0) is 6.42 Å². The molecular formula is C15H20N4O. The predicted molar refractivity (Wildman–Crippen MR) is 80.1 cm³/mol. The van der Waals surface area contributed by atoms with Crippen LogP contribution >= 0.6 is 0 Å². The zero-order valence-electron chi connectivity index (χ0n) is 12.0. The Labute approximate surface area is 119 Å². The van der Waals surface area contributed by atoms with Gasteiger partial charge in [0.05, 0.1) is 0 Å².